The monoisotopic (exact) mass is 382 g/mol. The summed E-state index contributed by atoms with van der Waals surface area (Å²) in [5.74, 6) is 2.53. The van der Waals surface area contributed by atoms with Crippen LogP contribution < -0.4 is 10.6 Å². The van der Waals surface area contributed by atoms with Gasteiger partial charge in [-0.1, -0.05) is 23.6 Å². The molecule has 138 valence electrons. The highest BCUT2D eigenvalue weighted by Crippen LogP contribution is 2.16. The fraction of sp³-hybridized carbons (Fsp3) is 0.200. The Hall–Kier alpha value is -3.17. The molecule has 1 aliphatic rings. The maximum atomic E-state index is 12.4. The molecule has 1 aliphatic heterocycles. The Morgan fingerprint density at radius 1 is 0.889 bits per heavy atom. The van der Waals surface area contributed by atoms with Crippen molar-refractivity contribution in [3.8, 4) is 12.3 Å². The second-order valence-corrected chi connectivity index (χ2v) is 6.50. The van der Waals surface area contributed by atoms with Crippen LogP contribution in [0.2, 0.25) is 5.02 Å². The second-order valence-electron chi connectivity index (χ2n) is 6.07. The number of hydrogen-bond donors (Lipinski definition) is 2. The summed E-state index contributed by atoms with van der Waals surface area (Å²) in [5, 5.41) is 6.21. The van der Waals surface area contributed by atoms with Crippen LogP contribution in [0.25, 0.3) is 0 Å². The van der Waals surface area contributed by atoms with Crippen LogP contribution in [0.5, 0.6) is 0 Å². The SMILES string of the molecule is C#Cc1ccc(NC(=O)N2CCN(C(=O)Nc3cccc(Cl)c3)CC2)cc1. The number of nitrogens with zero attached hydrogens (tertiary/aromatic N) is 2. The summed E-state index contributed by atoms with van der Waals surface area (Å²) in [4.78, 5) is 28.1. The van der Waals surface area contributed by atoms with Gasteiger partial charge in [0.25, 0.3) is 0 Å². The van der Waals surface area contributed by atoms with E-state index in [2.05, 4.69) is 16.6 Å². The topological polar surface area (TPSA) is 64.7 Å². The highest BCUT2D eigenvalue weighted by molar-refractivity contribution is 6.30. The van der Waals surface area contributed by atoms with E-state index in [1.807, 2.05) is 0 Å². The third kappa shape index (κ3) is 4.93. The van der Waals surface area contributed by atoms with Gasteiger partial charge in [-0.25, -0.2) is 9.59 Å². The standard InChI is InChI=1S/C20H19ClN4O2/c1-2-15-6-8-17(9-7-15)22-19(26)24-10-12-25(13-11-24)20(27)23-18-5-3-4-16(21)14-18/h1,3-9,14H,10-13H2,(H,22,26)(H,23,27). The van der Waals surface area contributed by atoms with Crippen LogP contribution in [-0.2, 0) is 0 Å². The van der Waals surface area contributed by atoms with Crippen molar-refractivity contribution in [2.75, 3.05) is 36.8 Å². The van der Waals surface area contributed by atoms with Crippen LogP contribution in [0.4, 0.5) is 21.0 Å². The van der Waals surface area contributed by atoms with Crippen LogP contribution in [0.3, 0.4) is 0 Å². The molecule has 0 unspecified atom stereocenters. The van der Waals surface area contributed by atoms with Crippen LogP contribution in [-0.4, -0.2) is 48.0 Å². The van der Waals surface area contributed by atoms with E-state index < -0.39 is 0 Å². The lowest BCUT2D eigenvalue weighted by Gasteiger charge is -2.34. The van der Waals surface area contributed by atoms with E-state index in [4.69, 9.17) is 18.0 Å². The molecule has 3 rings (SSSR count). The number of anilines is 2. The van der Waals surface area contributed by atoms with Gasteiger partial charge in [0.2, 0.25) is 0 Å². The largest absolute Gasteiger partial charge is 0.321 e. The van der Waals surface area contributed by atoms with Crippen LogP contribution >= 0.6 is 11.6 Å². The summed E-state index contributed by atoms with van der Waals surface area (Å²) < 4.78 is 0. The number of terminal acetylenes is 1. The Kier molecular flexibility index (Phi) is 5.84. The van der Waals surface area contributed by atoms with Gasteiger partial charge < -0.3 is 20.4 Å². The van der Waals surface area contributed by atoms with Gasteiger partial charge >= 0.3 is 12.1 Å². The quantitative estimate of drug-likeness (QED) is 0.778. The van der Waals surface area contributed by atoms with Crippen molar-refractivity contribution in [1.29, 1.82) is 0 Å². The first-order chi connectivity index (χ1) is 13.0. The summed E-state index contributed by atoms with van der Waals surface area (Å²) >= 11 is 5.93. The van der Waals surface area contributed by atoms with Crippen molar-refractivity contribution < 1.29 is 9.59 Å². The van der Waals surface area contributed by atoms with Gasteiger partial charge in [0.05, 0.1) is 0 Å². The summed E-state index contributed by atoms with van der Waals surface area (Å²) in [7, 11) is 0. The number of benzene rings is 2. The summed E-state index contributed by atoms with van der Waals surface area (Å²) in [6.07, 6.45) is 5.32. The number of hydrogen-bond acceptors (Lipinski definition) is 2. The number of carbonyl (C=O) groups excluding carboxylic acids is 2. The molecule has 0 bridgehead atoms. The number of urea groups is 2. The highest BCUT2D eigenvalue weighted by Gasteiger charge is 2.24. The first-order valence-corrected chi connectivity index (χ1v) is 8.87. The molecule has 7 heteroatoms. The summed E-state index contributed by atoms with van der Waals surface area (Å²) in [6, 6.07) is 13.7. The van der Waals surface area contributed by atoms with Gasteiger partial charge in [-0.2, -0.15) is 0 Å². The fourth-order valence-electron chi connectivity index (χ4n) is 2.73. The van der Waals surface area contributed by atoms with Gasteiger partial charge in [-0.15, -0.1) is 6.42 Å². The Balaban J connectivity index is 1.49. The van der Waals surface area contributed by atoms with E-state index in [0.29, 0.717) is 42.6 Å². The van der Waals surface area contributed by atoms with Crippen molar-refractivity contribution in [2.24, 2.45) is 0 Å². The van der Waals surface area contributed by atoms with Crippen molar-refractivity contribution >= 4 is 35.0 Å². The van der Waals surface area contributed by atoms with E-state index in [0.717, 1.165) is 5.56 Å². The van der Waals surface area contributed by atoms with Crippen molar-refractivity contribution in [2.45, 2.75) is 0 Å². The molecule has 1 saturated heterocycles. The number of amides is 4. The van der Waals surface area contributed by atoms with Gasteiger partial charge in [0, 0.05) is 48.1 Å². The van der Waals surface area contributed by atoms with Gasteiger partial charge in [0.15, 0.2) is 0 Å². The third-order valence-corrected chi connectivity index (χ3v) is 4.47. The molecule has 2 N–H and O–H groups in total. The second kappa shape index (κ2) is 8.47. The number of carbonyl (C=O) groups is 2. The smallest absolute Gasteiger partial charge is 0.321 e. The predicted octanol–water partition coefficient (Wildman–Crippen LogP) is 3.70. The predicted molar refractivity (Wildman–Crippen MR) is 107 cm³/mol. The molecule has 2 aromatic rings. The zero-order valence-corrected chi connectivity index (χ0v) is 15.4. The summed E-state index contributed by atoms with van der Waals surface area (Å²) in [6.45, 7) is 1.82. The minimum absolute atomic E-state index is 0.196. The Labute approximate surface area is 163 Å². The fourth-order valence-corrected chi connectivity index (χ4v) is 2.92. The lowest BCUT2D eigenvalue weighted by atomic mass is 10.2. The number of rotatable bonds is 2. The van der Waals surface area contributed by atoms with Gasteiger partial charge in [0.1, 0.15) is 0 Å². The molecule has 2 aromatic carbocycles. The third-order valence-electron chi connectivity index (χ3n) is 4.23. The van der Waals surface area contributed by atoms with Crippen molar-refractivity contribution in [3.63, 3.8) is 0 Å². The maximum Gasteiger partial charge on any atom is 0.321 e. The van der Waals surface area contributed by atoms with E-state index in [9.17, 15) is 9.59 Å². The zero-order valence-electron chi connectivity index (χ0n) is 14.6. The number of nitrogens with one attached hydrogen (secondary N) is 2. The minimum Gasteiger partial charge on any atom is -0.321 e. The minimum atomic E-state index is -0.206. The zero-order chi connectivity index (χ0) is 19.2. The number of piperazine rings is 1. The molecule has 6 nitrogen and oxygen atoms in total. The van der Waals surface area contributed by atoms with Crippen molar-refractivity contribution in [1.82, 2.24) is 9.80 Å². The van der Waals surface area contributed by atoms with Gasteiger partial charge in [-0.05, 0) is 42.5 Å². The van der Waals surface area contributed by atoms with E-state index in [1.54, 1.807) is 58.3 Å². The van der Waals surface area contributed by atoms with E-state index in [-0.39, 0.29) is 12.1 Å². The molecule has 1 heterocycles. The molecule has 4 amide bonds. The molecule has 0 aliphatic carbocycles. The highest BCUT2D eigenvalue weighted by atomic mass is 35.5. The Bertz CT molecular complexity index is 868. The van der Waals surface area contributed by atoms with Crippen LogP contribution in [0.15, 0.2) is 48.5 Å². The van der Waals surface area contributed by atoms with Crippen LogP contribution in [0, 0.1) is 12.3 Å². The molecule has 0 spiro atoms. The molecule has 0 aromatic heterocycles. The van der Waals surface area contributed by atoms with E-state index >= 15 is 0 Å². The molecular weight excluding hydrogens is 364 g/mol. The molecule has 0 radical (unpaired) electrons. The van der Waals surface area contributed by atoms with Crippen molar-refractivity contribution in [3.05, 3.63) is 59.1 Å². The first kappa shape index (κ1) is 18.6. The maximum absolute atomic E-state index is 12.4. The lowest BCUT2D eigenvalue weighted by molar-refractivity contribution is 0.156. The van der Waals surface area contributed by atoms with Crippen LogP contribution in [0.1, 0.15) is 5.56 Å². The molecule has 27 heavy (non-hydrogen) atoms. The van der Waals surface area contributed by atoms with E-state index in [1.165, 1.54) is 0 Å². The molecule has 0 saturated carbocycles. The molecule has 0 atom stereocenters. The average molecular weight is 383 g/mol. The van der Waals surface area contributed by atoms with Gasteiger partial charge in [-0.3, -0.25) is 0 Å². The summed E-state index contributed by atoms with van der Waals surface area (Å²) in [5.41, 5.74) is 2.08. The Morgan fingerprint density at radius 3 is 1.96 bits per heavy atom. The molecule has 1 fully saturated rings. The first-order valence-electron chi connectivity index (χ1n) is 8.49. The number of halogens is 1. The average Bonchev–Trinajstić information content (AvgIpc) is 2.68. The molecular formula is C20H19ClN4O2. The Morgan fingerprint density at radius 2 is 1.44 bits per heavy atom. The lowest BCUT2D eigenvalue weighted by Crippen LogP contribution is -2.52. The normalized spacial score (nSPS) is 13.6.